The third kappa shape index (κ3) is 4.62. The number of thiazole rings is 1. The van der Waals surface area contributed by atoms with Crippen LogP contribution in [-0.4, -0.2) is 38.3 Å². The van der Waals surface area contributed by atoms with Crippen LogP contribution in [0.2, 0.25) is 0 Å². The summed E-state index contributed by atoms with van der Waals surface area (Å²) in [5.74, 6) is 0.812. The molecule has 4 nitrogen and oxygen atoms in total. The van der Waals surface area contributed by atoms with Gasteiger partial charge in [-0.25, -0.2) is 4.98 Å². The number of nitrogens with zero attached hydrogens (tertiary/aromatic N) is 2. The minimum Gasteiger partial charge on any atom is -0.342 e. The van der Waals surface area contributed by atoms with Gasteiger partial charge in [0.2, 0.25) is 5.91 Å². The van der Waals surface area contributed by atoms with Crippen molar-refractivity contribution in [2.75, 3.05) is 13.1 Å². The number of carbonyl (C=O) groups is 1. The maximum absolute atomic E-state index is 12.5. The zero-order valence-electron chi connectivity index (χ0n) is 13.7. The number of rotatable bonds is 5. The highest BCUT2D eigenvalue weighted by atomic mass is 32.2. The Morgan fingerprint density at radius 3 is 2.45 bits per heavy atom. The Bertz CT molecular complexity index is 520. The first kappa shape index (κ1) is 17.6. The van der Waals surface area contributed by atoms with Gasteiger partial charge in [-0.05, 0) is 19.8 Å². The normalized spacial score (nSPS) is 19.0. The van der Waals surface area contributed by atoms with Gasteiger partial charge in [-0.3, -0.25) is 9.00 Å². The maximum atomic E-state index is 12.5. The minimum atomic E-state index is -1.20. The summed E-state index contributed by atoms with van der Waals surface area (Å²) in [6, 6.07) is 0. The van der Waals surface area contributed by atoms with Crippen molar-refractivity contribution in [3.05, 3.63) is 16.1 Å². The lowest BCUT2D eigenvalue weighted by molar-refractivity contribution is -0.130. The predicted octanol–water partition coefficient (Wildman–Crippen LogP) is 3.31. The Kier molecular flexibility index (Phi) is 6.56. The van der Waals surface area contributed by atoms with E-state index >= 15 is 0 Å². The summed E-state index contributed by atoms with van der Waals surface area (Å²) in [5, 5.41) is 2.59. The summed E-state index contributed by atoms with van der Waals surface area (Å²) in [6.07, 6.45) is 4.51. The van der Waals surface area contributed by atoms with Crippen LogP contribution in [0.4, 0.5) is 0 Å². The molecule has 0 radical (unpaired) electrons. The van der Waals surface area contributed by atoms with Gasteiger partial charge >= 0.3 is 0 Å². The molecular weight excluding hydrogens is 316 g/mol. The number of hydrogen-bond acceptors (Lipinski definition) is 4. The molecule has 2 heterocycles. The highest BCUT2D eigenvalue weighted by Crippen LogP contribution is 2.21. The van der Waals surface area contributed by atoms with Crippen LogP contribution < -0.4 is 0 Å². The number of carbonyl (C=O) groups excluding carboxylic acids is 1. The molecule has 1 aromatic heterocycles. The summed E-state index contributed by atoms with van der Waals surface area (Å²) in [6.45, 7) is 7.62. The molecule has 0 unspecified atom stereocenters. The van der Waals surface area contributed by atoms with E-state index in [0.717, 1.165) is 36.6 Å². The van der Waals surface area contributed by atoms with Crippen LogP contribution in [-0.2, 0) is 21.3 Å². The Morgan fingerprint density at radius 2 is 1.91 bits per heavy atom. The molecule has 2 rings (SSSR count). The van der Waals surface area contributed by atoms with Crippen molar-refractivity contribution < 1.29 is 9.00 Å². The molecule has 0 saturated carbocycles. The number of amides is 1. The molecule has 124 valence electrons. The fourth-order valence-electron chi connectivity index (χ4n) is 2.59. The summed E-state index contributed by atoms with van der Waals surface area (Å²) < 4.78 is 12.5. The van der Waals surface area contributed by atoms with Gasteiger partial charge in [-0.15, -0.1) is 11.3 Å². The van der Waals surface area contributed by atoms with Gasteiger partial charge in [0.05, 0.1) is 16.5 Å². The van der Waals surface area contributed by atoms with Crippen molar-refractivity contribution in [1.29, 1.82) is 0 Å². The Labute approximate surface area is 139 Å². The maximum Gasteiger partial charge on any atom is 0.238 e. The molecule has 22 heavy (non-hydrogen) atoms. The van der Waals surface area contributed by atoms with E-state index in [9.17, 15) is 9.00 Å². The Hall–Kier alpha value is -0.750. The Morgan fingerprint density at radius 1 is 1.27 bits per heavy atom. The molecule has 0 aliphatic carbocycles. The average Bonchev–Trinajstić information content (AvgIpc) is 2.79. The van der Waals surface area contributed by atoms with Gasteiger partial charge in [0, 0.05) is 35.2 Å². The zero-order chi connectivity index (χ0) is 16.1. The lowest BCUT2D eigenvalue weighted by atomic mass is 10.2. The molecule has 1 aliphatic rings. The fourth-order valence-corrected chi connectivity index (χ4v) is 4.59. The van der Waals surface area contributed by atoms with Crippen molar-refractivity contribution in [3.63, 3.8) is 0 Å². The molecule has 1 aromatic rings. The molecule has 2 atom stereocenters. The first-order chi connectivity index (χ1) is 10.5. The average molecular weight is 343 g/mol. The smallest absolute Gasteiger partial charge is 0.238 e. The zero-order valence-corrected chi connectivity index (χ0v) is 15.3. The van der Waals surface area contributed by atoms with Crippen LogP contribution in [0, 0.1) is 0 Å². The van der Waals surface area contributed by atoms with E-state index in [0.29, 0.717) is 11.7 Å². The van der Waals surface area contributed by atoms with Crippen molar-refractivity contribution >= 4 is 28.0 Å². The molecule has 6 heteroatoms. The van der Waals surface area contributed by atoms with E-state index in [-0.39, 0.29) is 5.91 Å². The van der Waals surface area contributed by atoms with Crippen LogP contribution in [0.25, 0.3) is 0 Å². The van der Waals surface area contributed by atoms with Gasteiger partial charge in [0.15, 0.2) is 0 Å². The monoisotopic (exact) mass is 342 g/mol. The second-order valence-corrected chi connectivity index (χ2v) is 8.89. The summed E-state index contributed by atoms with van der Waals surface area (Å²) >= 11 is 1.61. The molecule has 1 saturated heterocycles. The van der Waals surface area contributed by atoms with E-state index < -0.39 is 16.0 Å². The standard InChI is InChI=1S/C16H26N2O2S2/c1-12(2)15-17-14(10-21-15)11-22(20)13(3)16(19)18-8-6-4-5-7-9-18/h10,12-13H,4-9,11H2,1-3H3/t13-,22+/m0/s1. The number of aromatic nitrogens is 1. The number of hydrogen-bond donors (Lipinski definition) is 0. The lowest BCUT2D eigenvalue weighted by Crippen LogP contribution is -2.40. The topological polar surface area (TPSA) is 50.3 Å². The second kappa shape index (κ2) is 8.20. The quantitative estimate of drug-likeness (QED) is 0.825. The Balaban J connectivity index is 1.93. The first-order valence-corrected chi connectivity index (χ1v) is 10.4. The van der Waals surface area contributed by atoms with Crippen LogP contribution in [0.5, 0.6) is 0 Å². The van der Waals surface area contributed by atoms with E-state index in [1.54, 1.807) is 18.3 Å². The van der Waals surface area contributed by atoms with Gasteiger partial charge in [0.1, 0.15) is 5.25 Å². The van der Waals surface area contributed by atoms with Gasteiger partial charge in [0.25, 0.3) is 0 Å². The van der Waals surface area contributed by atoms with Crippen LogP contribution in [0.1, 0.15) is 63.1 Å². The predicted molar refractivity (Wildman–Crippen MR) is 92.6 cm³/mol. The molecule has 1 fully saturated rings. The highest BCUT2D eigenvalue weighted by Gasteiger charge is 2.26. The highest BCUT2D eigenvalue weighted by molar-refractivity contribution is 7.85. The van der Waals surface area contributed by atoms with Gasteiger partial charge in [-0.2, -0.15) is 0 Å². The minimum absolute atomic E-state index is 0.0412. The van der Waals surface area contributed by atoms with E-state index in [4.69, 9.17) is 0 Å². The van der Waals surface area contributed by atoms with Crippen LogP contribution in [0.15, 0.2) is 5.38 Å². The van der Waals surface area contributed by atoms with Gasteiger partial charge in [-0.1, -0.05) is 26.7 Å². The SMILES string of the molecule is CC(C)c1nc(C[S@@](=O)[C@@H](C)C(=O)N2CCCCCC2)cs1. The van der Waals surface area contributed by atoms with E-state index in [1.807, 2.05) is 10.3 Å². The molecule has 1 amide bonds. The molecule has 1 aliphatic heterocycles. The van der Waals surface area contributed by atoms with Crippen molar-refractivity contribution in [2.24, 2.45) is 0 Å². The molecule has 0 spiro atoms. The van der Waals surface area contributed by atoms with E-state index in [2.05, 4.69) is 18.8 Å². The molecule has 0 N–H and O–H groups in total. The lowest BCUT2D eigenvalue weighted by Gasteiger charge is -2.23. The van der Waals surface area contributed by atoms with E-state index in [1.165, 1.54) is 12.8 Å². The van der Waals surface area contributed by atoms with Crippen LogP contribution in [0.3, 0.4) is 0 Å². The van der Waals surface area contributed by atoms with Crippen molar-refractivity contribution in [2.45, 2.75) is 63.4 Å². The largest absolute Gasteiger partial charge is 0.342 e. The number of likely N-dealkylation sites (tertiary alicyclic amines) is 1. The molecular formula is C16H26N2O2S2. The van der Waals surface area contributed by atoms with Gasteiger partial charge < -0.3 is 4.90 Å². The third-order valence-electron chi connectivity index (χ3n) is 4.01. The fraction of sp³-hybridized carbons (Fsp3) is 0.750. The third-order valence-corrected chi connectivity index (χ3v) is 6.78. The van der Waals surface area contributed by atoms with Crippen molar-refractivity contribution in [3.8, 4) is 0 Å². The first-order valence-electron chi connectivity index (χ1n) is 8.09. The summed E-state index contributed by atoms with van der Waals surface area (Å²) in [4.78, 5) is 18.9. The summed E-state index contributed by atoms with van der Waals surface area (Å²) in [7, 11) is -1.20. The molecule has 0 bridgehead atoms. The second-order valence-electron chi connectivity index (χ2n) is 6.24. The van der Waals surface area contributed by atoms with Crippen LogP contribution >= 0.6 is 11.3 Å². The summed E-state index contributed by atoms with van der Waals surface area (Å²) in [5.41, 5.74) is 0.850. The van der Waals surface area contributed by atoms with Crippen molar-refractivity contribution in [1.82, 2.24) is 9.88 Å². The molecule has 0 aromatic carbocycles.